The first-order chi connectivity index (χ1) is 9.86. The van der Waals surface area contributed by atoms with Crippen molar-refractivity contribution < 1.29 is 13.2 Å². The molecule has 1 amide bonds. The number of benzene rings is 1. The van der Waals surface area contributed by atoms with Crippen molar-refractivity contribution in [1.82, 2.24) is 5.32 Å². The van der Waals surface area contributed by atoms with Crippen molar-refractivity contribution in [3.8, 4) is 0 Å². The summed E-state index contributed by atoms with van der Waals surface area (Å²) < 4.78 is 25.6. The van der Waals surface area contributed by atoms with Gasteiger partial charge in [0.05, 0.1) is 11.9 Å². The van der Waals surface area contributed by atoms with Gasteiger partial charge in [-0.2, -0.15) is 0 Å². The zero-order valence-corrected chi connectivity index (χ0v) is 14.7. The van der Waals surface area contributed by atoms with Gasteiger partial charge in [0.1, 0.15) is 6.54 Å². The number of carbonyl (C=O) groups excluding carboxylic acids is 1. The fraction of sp³-hybridized carbons (Fsp3) is 0.500. The third kappa shape index (κ3) is 6.05. The van der Waals surface area contributed by atoms with Gasteiger partial charge in [0, 0.05) is 11.0 Å². The zero-order valence-electron chi connectivity index (χ0n) is 12.3. The van der Waals surface area contributed by atoms with E-state index in [1.807, 2.05) is 0 Å². The first kappa shape index (κ1) is 18.0. The molecule has 5 nitrogen and oxygen atoms in total. The second kappa shape index (κ2) is 8.38. The van der Waals surface area contributed by atoms with Crippen molar-refractivity contribution in [2.24, 2.45) is 0 Å². The number of hydrogen-bond donors (Lipinski definition) is 1. The molecule has 1 aromatic carbocycles. The maximum Gasteiger partial charge on any atom is 0.240 e. The molecule has 0 atom stereocenters. The minimum Gasteiger partial charge on any atom is -0.355 e. The number of nitrogens with zero attached hydrogens (tertiary/aromatic N) is 1. The third-order valence-corrected chi connectivity index (χ3v) is 4.71. The van der Waals surface area contributed by atoms with Gasteiger partial charge in [-0.3, -0.25) is 9.10 Å². The topological polar surface area (TPSA) is 66.5 Å². The lowest BCUT2D eigenvalue weighted by Gasteiger charge is -2.23. The maximum atomic E-state index is 11.9. The van der Waals surface area contributed by atoms with Crippen LogP contribution in [-0.4, -0.2) is 33.7 Å². The number of sulfonamides is 1. The first-order valence-electron chi connectivity index (χ1n) is 6.85. The molecule has 0 aliphatic rings. The number of halogens is 1. The number of unbranched alkanes of at least 4 members (excludes halogenated alkanes) is 2. The molecule has 0 aliphatic heterocycles. The van der Waals surface area contributed by atoms with E-state index in [4.69, 9.17) is 0 Å². The number of rotatable bonds is 8. The van der Waals surface area contributed by atoms with Gasteiger partial charge in [0.15, 0.2) is 0 Å². The second-order valence-electron chi connectivity index (χ2n) is 4.78. The molecule has 0 saturated carbocycles. The van der Waals surface area contributed by atoms with Gasteiger partial charge in [0.2, 0.25) is 15.9 Å². The summed E-state index contributed by atoms with van der Waals surface area (Å²) in [7, 11) is -3.53. The zero-order chi connectivity index (χ0) is 15.9. The molecule has 21 heavy (non-hydrogen) atoms. The normalized spacial score (nSPS) is 11.2. The van der Waals surface area contributed by atoms with Crippen LogP contribution in [0.25, 0.3) is 0 Å². The van der Waals surface area contributed by atoms with Crippen molar-refractivity contribution in [2.45, 2.75) is 26.2 Å². The largest absolute Gasteiger partial charge is 0.355 e. The van der Waals surface area contributed by atoms with Gasteiger partial charge in [-0.05, 0) is 34.5 Å². The van der Waals surface area contributed by atoms with Gasteiger partial charge in [-0.25, -0.2) is 8.42 Å². The van der Waals surface area contributed by atoms with E-state index in [9.17, 15) is 13.2 Å². The molecule has 0 aromatic heterocycles. The predicted octanol–water partition coefficient (Wildman–Crippen LogP) is 2.52. The van der Waals surface area contributed by atoms with Crippen molar-refractivity contribution in [1.29, 1.82) is 0 Å². The molecule has 118 valence electrons. The summed E-state index contributed by atoms with van der Waals surface area (Å²) in [5, 5.41) is 2.75. The Morgan fingerprint density at radius 1 is 1.29 bits per heavy atom. The van der Waals surface area contributed by atoms with E-state index >= 15 is 0 Å². The molecule has 0 spiro atoms. The number of para-hydroxylation sites is 1. The van der Waals surface area contributed by atoms with Crippen LogP contribution in [0.5, 0.6) is 0 Å². The molecule has 1 aromatic rings. The van der Waals surface area contributed by atoms with Crippen LogP contribution in [0.15, 0.2) is 28.7 Å². The number of amides is 1. The number of nitrogens with one attached hydrogen (secondary N) is 1. The van der Waals surface area contributed by atoms with Crippen molar-refractivity contribution >= 4 is 37.5 Å². The predicted molar refractivity (Wildman–Crippen MR) is 88.9 cm³/mol. The fourth-order valence-electron chi connectivity index (χ4n) is 1.82. The highest BCUT2D eigenvalue weighted by molar-refractivity contribution is 9.10. The molecule has 0 radical (unpaired) electrons. The summed E-state index contributed by atoms with van der Waals surface area (Å²) in [5.41, 5.74) is 0.462. The Bertz CT molecular complexity index is 575. The summed E-state index contributed by atoms with van der Waals surface area (Å²) in [4.78, 5) is 11.9. The Morgan fingerprint density at radius 2 is 1.95 bits per heavy atom. The Morgan fingerprint density at radius 3 is 2.52 bits per heavy atom. The van der Waals surface area contributed by atoms with E-state index in [2.05, 4.69) is 28.2 Å². The molecule has 1 rings (SSSR count). The Hall–Kier alpha value is -1.08. The second-order valence-corrected chi connectivity index (χ2v) is 7.54. The Kier molecular flexibility index (Phi) is 7.17. The van der Waals surface area contributed by atoms with Crippen molar-refractivity contribution in [2.75, 3.05) is 23.7 Å². The summed E-state index contributed by atoms with van der Waals surface area (Å²) >= 11 is 3.31. The fourth-order valence-corrected chi connectivity index (χ4v) is 3.31. The highest BCUT2D eigenvalue weighted by Crippen LogP contribution is 2.27. The van der Waals surface area contributed by atoms with E-state index < -0.39 is 10.0 Å². The lowest BCUT2D eigenvalue weighted by molar-refractivity contribution is -0.119. The molecule has 1 N–H and O–H groups in total. The van der Waals surface area contributed by atoms with Crippen molar-refractivity contribution in [3.63, 3.8) is 0 Å². The van der Waals surface area contributed by atoms with Gasteiger partial charge in [0.25, 0.3) is 0 Å². The van der Waals surface area contributed by atoms with Gasteiger partial charge in [-0.1, -0.05) is 31.9 Å². The molecule has 0 unspecified atom stereocenters. The van der Waals surface area contributed by atoms with E-state index in [-0.39, 0.29) is 12.5 Å². The highest BCUT2D eigenvalue weighted by atomic mass is 79.9. The number of carbonyl (C=O) groups is 1. The van der Waals surface area contributed by atoms with Gasteiger partial charge >= 0.3 is 0 Å². The summed E-state index contributed by atoms with van der Waals surface area (Å²) in [5.74, 6) is -0.299. The maximum absolute atomic E-state index is 11.9. The van der Waals surface area contributed by atoms with E-state index in [1.54, 1.807) is 24.3 Å². The molecular weight excluding hydrogens is 356 g/mol. The molecular formula is C14H21BrN2O3S. The van der Waals surface area contributed by atoms with Crippen molar-refractivity contribution in [3.05, 3.63) is 28.7 Å². The van der Waals surface area contributed by atoms with Crippen LogP contribution in [0, 0.1) is 0 Å². The van der Waals surface area contributed by atoms with Crippen LogP contribution in [0.3, 0.4) is 0 Å². The molecule has 7 heteroatoms. The lowest BCUT2D eigenvalue weighted by Crippen LogP contribution is -2.40. The Balaban J connectivity index is 2.78. The molecule has 0 bridgehead atoms. The minimum absolute atomic E-state index is 0.215. The first-order valence-corrected chi connectivity index (χ1v) is 9.49. The average molecular weight is 377 g/mol. The minimum atomic E-state index is -3.53. The number of anilines is 1. The van der Waals surface area contributed by atoms with Crippen LogP contribution >= 0.6 is 15.9 Å². The summed E-state index contributed by atoms with van der Waals surface area (Å²) in [6.07, 6.45) is 4.11. The van der Waals surface area contributed by atoms with E-state index in [1.165, 1.54) is 0 Å². The summed E-state index contributed by atoms with van der Waals surface area (Å²) in [6, 6.07) is 6.93. The lowest BCUT2D eigenvalue weighted by atomic mass is 10.2. The highest BCUT2D eigenvalue weighted by Gasteiger charge is 2.22. The molecule has 0 aliphatic carbocycles. The monoisotopic (exact) mass is 376 g/mol. The smallest absolute Gasteiger partial charge is 0.240 e. The van der Waals surface area contributed by atoms with Crippen LogP contribution in [0.2, 0.25) is 0 Å². The van der Waals surface area contributed by atoms with Gasteiger partial charge in [-0.15, -0.1) is 0 Å². The Labute approximate surface area is 134 Å². The standard InChI is InChI=1S/C14H21BrN2O3S/c1-3-4-7-10-16-14(18)11-17(21(2,19)20)13-9-6-5-8-12(13)15/h5-6,8-9H,3-4,7,10-11H2,1-2H3,(H,16,18). The molecule has 0 fully saturated rings. The molecule has 0 saturated heterocycles. The quantitative estimate of drug-likeness (QED) is 0.708. The number of hydrogen-bond acceptors (Lipinski definition) is 3. The van der Waals surface area contributed by atoms with Crippen LogP contribution < -0.4 is 9.62 Å². The van der Waals surface area contributed by atoms with Crippen LogP contribution in [0.1, 0.15) is 26.2 Å². The third-order valence-electron chi connectivity index (χ3n) is 2.91. The SMILES string of the molecule is CCCCCNC(=O)CN(c1ccccc1Br)S(C)(=O)=O. The van der Waals surface area contributed by atoms with E-state index in [0.29, 0.717) is 16.7 Å². The van der Waals surface area contributed by atoms with Gasteiger partial charge < -0.3 is 5.32 Å². The molecule has 0 heterocycles. The average Bonchev–Trinajstić information content (AvgIpc) is 2.41. The van der Waals surface area contributed by atoms with Crippen LogP contribution in [0.4, 0.5) is 5.69 Å². The van der Waals surface area contributed by atoms with E-state index in [0.717, 1.165) is 29.8 Å². The van der Waals surface area contributed by atoms with Crippen LogP contribution in [-0.2, 0) is 14.8 Å². The summed E-state index contributed by atoms with van der Waals surface area (Å²) in [6.45, 7) is 2.44.